The average molecular weight is 303 g/mol. The molecule has 1 unspecified atom stereocenters. The van der Waals surface area contributed by atoms with Gasteiger partial charge in [-0.05, 0) is 19.8 Å². The molecule has 1 fully saturated rings. The predicted molar refractivity (Wildman–Crippen MR) is 69.1 cm³/mol. The fourth-order valence-corrected chi connectivity index (χ4v) is 4.12. The molecule has 1 aromatic heterocycles. The van der Waals surface area contributed by atoms with Crippen LogP contribution >= 0.6 is 0 Å². The largest absolute Gasteiger partial charge is 0.476 e. The molecule has 20 heavy (non-hydrogen) atoms. The third kappa shape index (κ3) is 2.56. The zero-order chi connectivity index (χ0) is 14.9. The Labute approximate surface area is 116 Å². The number of piperidine rings is 1. The Bertz CT molecular complexity index is 610. The van der Waals surface area contributed by atoms with E-state index in [0.29, 0.717) is 13.0 Å². The first kappa shape index (κ1) is 14.9. The molecule has 9 heteroatoms. The molecule has 1 aliphatic rings. The first-order valence-electron chi connectivity index (χ1n) is 6.19. The number of aromatic carboxylic acids is 1. The van der Waals surface area contributed by atoms with E-state index in [2.05, 4.69) is 10.2 Å². The Morgan fingerprint density at radius 1 is 1.55 bits per heavy atom. The fraction of sp³-hybridized carbons (Fsp3) is 0.636. The standard InChI is InChI=1S/C11H17N3O5S/c1-7-10(9(11(15)16)13-12-7)20(17,18)14-5-3-4-8(6-14)19-2/h8H,3-6H2,1-2H3,(H,12,13)(H,15,16). The topological polar surface area (TPSA) is 113 Å². The number of hydrogen-bond acceptors (Lipinski definition) is 5. The molecular formula is C11H17N3O5S. The van der Waals surface area contributed by atoms with Crippen LogP contribution in [0.2, 0.25) is 0 Å². The molecule has 1 atom stereocenters. The Morgan fingerprint density at radius 2 is 2.25 bits per heavy atom. The van der Waals surface area contributed by atoms with Gasteiger partial charge in [-0.25, -0.2) is 13.2 Å². The van der Waals surface area contributed by atoms with Gasteiger partial charge in [0.1, 0.15) is 4.90 Å². The van der Waals surface area contributed by atoms with Crippen LogP contribution in [-0.4, -0.2) is 60.3 Å². The number of carbonyl (C=O) groups is 1. The Kier molecular flexibility index (Phi) is 4.11. The van der Waals surface area contributed by atoms with Gasteiger partial charge in [0.25, 0.3) is 0 Å². The third-order valence-electron chi connectivity index (χ3n) is 3.37. The maximum atomic E-state index is 12.6. The van der Waals surface area contributed by atoms with Crippen LogP contribution in [0.4, 0.5) is 0 Å². The third-order valence-corrected chi connectivity index (χ3v) is 5.39. The second-order valence-corrected chi connectivity index (χ2v) is 6.57. The van der Waals surface area contributed by atoms with Gasteiger partial charge in [-0.3, -0.25) is 5.10 Å². The predicted octanol–water partition coefficient (Wildman–Crippen LogP) is 0.216. The van der Waals surface area contributed by atoms with Crippen LogP contribution in [0.1, 0.15) is 29.0 Å². The molecule has 2 N–H and O–H groups in total. The van der Waals surface area contributed by atoms with E-state index in [1.165, 1.54) is 18.3 Å². The summed E-state index contributed by atoms with van der Waals surface area (Å²) in [6.07, 6.45) is 1.30. The van der Waals surface area contributed by atoms with Crippen LogP contribution in [0.25, 0.3) is 0 Å². The number of hydrogen-bond donors (Lipinski definition) is 2. The van der Waals surface area contributed by atoms with E-state index >= 15 is 0 Å². The van der Waals surface area contributed by atoms with Gasteiger partial charge in [0.2, 0.25) is 10.0 Å². The number of aromatic amines is 1. The molecule has 2 heterocycles. The maximum Gasteiger partial charge on any atom is 0.357 e. The molecule has 0 aliphatic carbocycles. The van der Waals surface area contributed by atoms with Gasteiger partial charge in [0, 0.05) is 20.2 Å². The Morgan fingerprint density at radius 3 is 2.85 bits per heavy atom. The van der Waals surface area contributed by atoms with Crippen molar-refractivity contribution in [2.75, 3.05) is 20.2 Å². The number of aryl methyl sites for hydroxylation is 1. The number of rotatable bonds is 4. The molecule has 0 radical (unpaired) electrons. The van der Waals surface area contributed by atoms with Crippen LogP contribution in [0.5, 0.6) is 0 Å². The Hall–Kier alpha value is -1.45. The molecule has 1 aliphatic heterocycles. The smallest absolute Gasteiger partial charge is 0.357 e. The summed E-state index contributed by atoms with van der Waals surface area (Å²) in [7, 11) is -2.36. The lowest BCUT2D eigenvalue weighted by Gasteiger charge is -2.30. The second-order valence-electron chi connectivity index (χ2n) is 4.69. The molecule has 112 valence electrons. The number of carboxylic acids is 1. The summed E-state index contributed by atoms with van der Waals surface area (Å²) in [5, 5.41) is 15.0. The lowest BCUT2D eigenvalue weighted by molar-refractivity contribution is 0.0571. The highest BCUT2D eigenvalue weighted by molar-refractivity contribution is 7.89. The molecule has 0 bridgehead atoms. The fourth-order valence-electron chi connectivity index (χ4n) is 2.32. The van der Waals surface area contributed by atoms with Crippen molar-refractivity contribution >= 4 is 16.0 Å². The van der Waals surface area contributed by atoms with E-state index in [1.54, 1.807) is 0 Å². The van der Waals surface area contributed by atoms with Gasteiger partial charge >= 0.3 is 5.97 Å². The van der Waals surface area contributed by atoms with Gasteiger partial charge in [0.15, 0.2) is 5.69 Å². The minimum atomic E-state index is -3.89. The van der Waals surface area contributed by atoms with Crippen LogP contribution < -0.4 is 0 Å². The number of sulfonamides is 1. The van der Waals surface area contributed by atoms with E-state index in [1.807, 2.05) is 0 Å². The summed E-state index contributed by atoms with van der Waals surface area (Å²) >= 11 is 0. The molecular weight excluding hydrogens is 286 g/mol. The molecule has 8 nitrogen and oxygen atoms in total. The van der Waals surface area contributed by atoms with Crippen molar-refractivity contribution in [3.63, 3.8) is 0 Å². The van der Waals surface area contributed by atoms with E-state index in [4.69, 9.17) is 9.84 Å². The van der Waals surface area contributed by atoms with Crippen LogP contribution in [-0.2, 0) is 14.8 Å². The lowest BCUT2D eigenvalue weighted by Crippen LogP contribution is -2.43. The van der Waals surface area contributed by atoms with Crippen molar-refractivity contribution < 1.29 is 23.1 Å². The molecule has 0 aromatic carbocycles. The molecule has 1 saturated heterocycles. The van der Waals surface area contributed by atoms with E-state index in [9.17, 15) is 13.2 Å². The summed E-state index contributed by atoms with van der Waals surface area (Å²) in [6.45, 7) is 2.07. The van der Waals surface area contributed by atoms with Gasteiger partial charge < -0.3 is 9.84 Å². The number of nitrogens with zero attached hydrogens (tertiary/aromatic N) is 2. The first-order chi connectivity index (χ1) is 9.37. The lowest BCUT2D eigenvalue weighted by atomic mass is 10.1. The summed E-state index contributed by atoms with van der Waals surface area (Å²) < 4.78 is 31.7. The minimum Gasteiger partial charge on any atom is -0.476 e. The number of ether oxygens (including phenoxy) is 1. The van der Waals surface area contributed by atoms with E-state index in [-0.39, 0.29) is 23.2 Å². The van der Waals surface area contributed by atoms with Gasteiger partial charge in [-0.2, -0.15) is 9.40 Å². The highest BCUT2D eigenvalue weighted by Gasteiger charge is 2.36. The van der Waals surface area contributed by atoms with Crippen molar-refractivity contribution in [3.05, 3.63) is 11.4 Å². The van der Waals surface area contributed by atoms with Crippen molar-refractivity contribution in [2.24, 2.45) is 0 Å². The van der Waals surface area contributed by atoms with E-state index < -0.39 is 21.7 Å². The average Bonchev–Trinajstić information content (AvgIpc) is 2.81. The summed E-state index contributed by atoms with van der Waals surface area (Å²) in [4.78, 5) is 10.8. The molecule has 1 aromatic rings. The molecule has 0 spiro atoms. The number of H-pyrrole nitrogens is 1. The monoisotopic (exact) mass is 303 g/mol. The number of methoxy groups -OCH3 is 1. The van der Waals surface area contributed by atoms with Gasteiger partial charge in [-0.15, -0.1) is 0 Å². The Balaban J connectivity index is 2.40. The van der Waals surface area contributed by atoms with Crippen molar-refractivity contribution in [1.29, 1.82) is 0 Å². The number of carboxylic acid groups (broad SMARTS) is 1. The summed E-state index contributed by atoms with van der Waals surface area (Å²) in [5.41, 5.74) is -0.246. The number of aromatic nitrogens is 2. The summed E-state index contributed by atoms with van der Waals surface area (Å²) in [6, 6.07) is 0. The first-order valence-corrected chi connectivity index (χ1v) is 7.63. The molecule has 0 amide bonds. The van der Waals surface area contributed by atoms with Crippen LogP contribution in [0.15, 0.2) is 4.90 Å². The van der Waals surface area contributed by atoms with Crippen LogP contribution in [0, 0.1) is 6.92 Å². The van der Waals surface area contributed by atoms with Crippen LogP contribution in [0.3, 0.4) is 0 Å². The summed E-state index contributed by atoms with van der Waals surface area (Å²) in [5.74, 6) is -1.37. The maximum absolute atomic E-state index is 12.6. The zero-order valence-electron chi connectivity index (χ0n) is 11.3. The highest BCUT2D eigenvalue weighted by Crippen LogP contribution is 2.25. The van der Waals surface area contributed by atoms with Crippen molar-refractivity contribution in [2.45, 2.75) is 30.8 Å². The van der Waals surface area contributed by atoms with Gasteiger partial charge in [-0.1, -0.05) is 0 Å². The van der Waals surface area contributed by atoms with Crippen molar-refractivity contribution in [3.8, 4) is 0 Å². The minimum absolute atomic E-state index is 0.168. The highest BCUT2D eigenvalue weighted by atomic mass is 32.2. The quantitative estimate of drug-likeness (QED) is 0.822. The number of nitrogens with one attached hydrogen (secondary N) is 1. The second kappa shape index (κ2) is 5.51. The molecule has 0 saturated carbocycles. The SMILES string of the molecule is COC1CCCN(S(=O)(=O)c2c(C(=O)O)n[nH]c2C)C1. The molecule has 2 rings (SSSR count). The van der Waals surface area contributed by atoms with E-state index in [0.717, 1.165) is 6.42 Å². The normalized spacial score (nSPS) is 21.0. The van der Waals surface area contributed by atoms with Crippen molar-refractivity contribution in [1.82, 2.24) is 14.5 Å². The van der Waals surface area contributed by atoms with Gasteiger partial charge in [0.05, 0.1) is 11.8 Å². The zero-order valence-corrected chi connectivity index (χ0v) is 12.1.